The first-order valence-corrected chi connectivity index (χ1v) is 14.5. The van der Waals surface area contributed by atoms with Gasteiger partial charge in [0.25, 0.3) is 11.8 Å². The molecule has 7 rings (SSSR count). The van der Waals surface area contributed by atoms with Crippen molar-refractivity contribution in [2.45, 2.75) is 76.2 Å². The predicted octanol–water partition coefficient (Wildman–Crippen LogP) is 1.79. The predicted molar refractivity (Wildman–Crippen MR) is 147 cm³/mol. The summed E-state index contributed by atoms with van der Waals surface area (Å²) in [5, 5.41) is 16.1. The number of nitrogens with one attached hydrogen (secondary N) is 2. The molecule has 1 aromatic carbocycles. The molecule has 0 saturated carbocycles. The van der Waals surface area contributed by atoms with Crippen LogP contribution in [0.2, 0.25) is 0 Å². The van der Waals surface area contributed by atoms with Crippen molar-refractivity contribution in [1.82, 2.24) is 25.0 Å². The molecule has 1 aliphatic carbocycles. The van der Waals surface area contributed by atoms with Gasteiger partial charge in [0.05, 0.1) is 5.92 Å². The van der Waals surface area contributed by atoms with Crippen molar-refractivity contribution in [3.8, 4) is 0 Å². The molecule has 3 amide bonds. The molecule has 212 valence electrons. The molecule has 10 nitrogen and oxygen atoms in total. The van der Waals surface area contributed by atoms with Crippen LogP contribution in [0.4, 0.5) is 0 Å². The van der Waals surface area contributed by atoms with Crippen LogP contribution in [0.1, 0.15) is 51.2 Å². The van der Waals surface area contributed by atoms with E-state index in [1.54, 1.807) is 11.8 Å². The summed E-state index contributed by atoms with van der Waals surface area (Å²) in [7, 11) is 2.03. The Morgan fingerprint density at radius 3 is 2.85 bits per heavy atom. The molecule has 40 heavy (non-hydrogen) atoms. The number of rotatable bonds is 4. The molecule has 5 aliphatic rings. The summed E-state index contributed by atoms with van der Waals surface area (Å²) in [5.74, 6) is -3.81. The van der Waals surface area contributed by atoms with Gasteiger partial charge >= 0.3 is 0 Å². The largest absolute Gasteiger partial charge is 0.361 e. The number of benzene rings is 1. The first-order chi connectivity index (χ1) is 19.1. The van der Waals surface area contributed by atoms with Crippen LogP contribution in [0, 0.1) is 11.8 Å². The Bertz CT molecular complexity index is 1470. The van der Waals surface area contributed by atoms with Crippen LogP contribution < -0.4 is 5.32 Å². The lowest BCUT2D eigenvalue weighted by Gasteiger charge is -2.49. The van der Waals surface area contributed by atoms with Crippen molar-refractivity contribution in [2.75, 3.05) is 20.1 Å². The molecule has 2 aromatic rings. The minimum atomic E-state index is -1.99. The zero-order valence-corrected chi connectivity index (χ0v) is 23.4. The number of hydrogen-bond donors (Lipinski definition) is 3. The van der Waals surface area contributed by atoms with Crippen LogP contribution in [0.15, 0.2) is 30.5 Å². The third-order valence-electron chi connectivity index (χ3n) is 9.79. The van der Waals surface area contributed by atoms with E-state index in [-0.39, 0.29) is 30.2 Å². The molecule has 4 aliphatic heterocycles. The quantitative estimate of drug-likeness (QED) is 0.537. The second kappa shape index (κ2) is 8.64. The highest BCUT2D eigenvalue weighted by Gasteiger charge is 2.71. The van der Waals surface area contributed by atoms with Crippen LogP contribution in [-0.2, 0) is 25.5 Å². The van der Waals surface area contributed by atoms with Gasteiger partial charge in [-0.15, -0.1) is 0 Å². The molecule has 0 bridgehead atoms. The Kier molecular flexibility index (Phi) is 5.56. The Hall–Kier alpha value is -3.21. The topological polar surface area (TPSA) is 118 Å². The molecule has 3 N–H and O–H groups in total. The van der Waals surface area contributed by atoms with Gasteiger partial charge in [0.1, 0.15) is 12.1 Å². The number of carbonyl (C=O) groups excluding carboxylic acids is 3. The fraction of sp³-hybridized carbons (Fsp3) is 0.567. The number of aromatic amines is 1. The second-order valence-electron chi connectivity index (χ2n) is 12.4. The van der Waals surface area contributed by atoms with Crippen LogP contribution in [-0.4, -0.2) is 92.4 Å². The van der Waals surface area contributed by atoms with Gasteiger partial charge in [0, 0.05) is 42.7 Å². The maximum absolute atomic E-state index is 14.1. The van der Waals surface area contributed by atoms with Crippen molar-refractivity contribution < 1.29 is 24.2 Å². The van der Waals surface area contributed by atoms with Gasteiger partial charge in [0.2, 0.25) is 17.5 Å². The Morgan fingerprint density at radius 2 is 2.10 bits per heavy atom. The SMILES string of the molecule is CC[C@@]1(NC(=O)[C@@H]2C=C3c4cccc5[nH]cc(c45)C[C@@H]3N(C)C2)O[C@@]2(O)[C@@H]3CCCN3C(=O)[C@@H](C(C)C)N2C1=O. The number of likely N-dealkylation sites (N-methyl/N-ethyl adjacent to an activating group) is 1. The highest BCUT2D eigenvalue weighted by atomic mass is 16.7. The monoisotopic (exact) mass is 547 g/mol. The number of aromatic nitrogens is 1. The van der Waals surface area contributed by atoms with E-state index >= 15 is 0 Å². The number of ether oxygens (including phenoxy) is 1. The number of hydrogen-bond acceptors (Lipinski definition) is 6. The zero-order chi connectivity index (χ0) is 28.1. The molecule has 0 unspecified atom stereocenters. The van der Waals surface area contributed by atoms with E-state index in [4.69, 9.17) is 4.74 Å². The number of aliphatic hydroxyl groups is 1. The Labute approximate surface area is 233 Å². The first-order valence-electron chi connectivity index (χ1n) is 14.5. The number of piperazine rings is 1. The summed E-state index contributed by atoms with van der Waals surface area (Å²) < 4.78 is 6.29. The van der Waals surface area contributed by atoms with Gasteiger partial charge in [-0.25, -0.2) is 0 Å². The van der Waals surface area contributed by atoms with E-state index in [0.29, 0.717) is 19.5 Å². The van der Waals surface area contributed by atoms with Crippen LogP contribution in [0.3, 0.4) is 0 Å². The maximum Gasteiger partial charge on any atom is 0.281 e. The van der Waals surface area contributed by atoms with Crippen molar-refractivity contribution in [3.05, 3.63) is 41.6 Å². The third-order valence-corrected chi connectivity index (χ3v) is 9.79. The minimum Gasteiger partial charge on any atom is -0.361 e. The maximum atomic E-state index is 14.1. The van der Waals surface area contributed by atoms with Crippen molar-refractivity contribution in [2.24, 2.45) is 11.8 Å². The van der Waals surface area contributed by atoms with Gasteiger partial charge in [-0.05, 0) is 55.0 Å². The summed E-state index contributed by atoms with van der Waals surface area (Å²) >= 11 is 0. The van der Waals surface area contributed by atoms with Gasteiger partial charge in [-0.2, -0.15) is 0 Å². The summed E-state index contributed by atoms with van der Waals surface area (Å²) in [4.78, 5) is 49.9. The lowest BCUT2D eigenvalue weighted by Crippen LogP contribution is -2.72. The first kappa shape index (κ1) is 25.7. The average Bonchev–Trinajstić information content (AvgIpc) is 3.64. The average molecular weight is 548 g/mol. The van der Waals surface area contributed by atoms with E-state index in [2.05, 4.69) is 33.5 Å². The lowest BCUT2D eigenvalue weighted by atomic mass is 9.79. The van der Waals surface area contributed by atoms with Crippen LogP contribution in [0.5, 0.6) is 0 Å². The number of nitrogens with zero attached hydrogens (tertiary/aromatic N) is 3. The van der Waals surface area contributed by atoms with E-state index in [1.807, 2.05) is 33.0 Å². The molecule has 3 fully saturated rings. The molecule has 10 heteroatoms. The van der Waals surface area contributed by atoms with E-state index < -0.39 is 35.5 Å². The molecule has 3 saturated heterocycles. The van der Waals surface area contributed by atoms with Crippen molar-refractivity contribution in [1.29, 1.82) is 0 Å². The number of H-pyrrole nitrogens is 1. The van der Waals surface area contributed by atoms with E-state index in [9.17, 15) is 19.5 Å². The fourth-order valence-corrected chi connectivity index (χ4v) is 7.83. The van der Waals surface area contributed by atoms with E-state index in [1.165, 1.54) is 15.8 Å². The number of amides is 3. The zero-order valence-electron chi connectivity index (χ0n) is 23.4. The summed E-state index contributed by atoms with van der Waals surface area (Å²) in [6, 6.07) is 4.83. The standard InChI is InChI=1S/C30H37N5O5/c1-5-29(28(38)35-25(16(2)3)27(37)34-11-7-10-23(34)30(35,39)40-29)32-26(36)18-12-20-19-8-6-9-21-24(19)17(14-31-21)13-22(20)33(4)15-18/h6,8-9,12,14,16,18,22-23,25,31,39H,5,7,10-11,13,15H2,1-4H3,(H,32,36)/t18-,22+,23+,25-,29-,30+/m1/s1. The van der Waals surface area contributed by atoms with E-state index in [0.717, 1.165) is 29.5 Å². The smallest absolute Gasteiger partial charge is 0.281 e. The molecule has 0 spiro atoms. The number of carbonyl (C=O) groups is 3. The Balaban J connectivity index is 1.23. The van der Waals surface area contributed by atoms with Crippen LogP contribution >= 0.6 is 0 Å². The van der Waals surface area contributed by atoms with Crippen molar-refractivity contribution >= 4 is 34.2 Å². The normalized spacial score (nSPS) is 35.2. The van der Waals surface area contributed by atoms with Gasteiger partial charge in [-0.1, -0.05) is 39.0 Å². The third kappa shape index (κ3) is 3.30. The van der Waals surface area contributed by atoms with Crippen molar-refractivity contribution in [3.63, 3.8) is 0 Å². The minimum absolute atomic E-state index is 0.121. The van der Waals surface area contributed by atoms with Gasteiger partial charge in [-0.3, -0.25) is 28.9 Å². The summed E-state index contributed by atoms with van der Waals surface area (Å²) in [6.45, 7) is 6.48. The Morgan fingerprint density at radius 1 is 1.30 bits per heavy atom. The summed E-state index contributed by atoms with van der Waals surface area (Å²) in [5.41, 5.74) is 2.83. The second-order valence-corrected chi connectivity index (χ2v) is 12.4. The lowest BCUT2D eigenvalue weighted by molar-refractivity contribution is -0.319. The molecule has 1 aromatic heterocycles. The number of fused-ring (bicyclic) bond motifs is 5. The van der Waals surface area contributed by atoms with Crippen LogP contribution in [0.25, 0.3) is 16.5 Å². The molecule has 0 radical (unpaired) electrons. The molecular weight excluding hydrogens is 510 g/mol. The summed E-state index contributed by atoms with van der Waals surface area (Å²) in [6.07, 6.45) is 6.34. The molecular formula is C30H37N5O5. The fourth-order valence-electron chi connectivity index (χ4n) is 7.83. The molecule has 6 atom stereocenters. The van der Waals surface area contributed by atoms with Gasteiger partial charge in [0.15, 0.2) is 0 Å². The highest BCUT2D eigenvalue weighted by Crippen LogP contribution is 2.48. The van der Waals surface area contributed by atoms with Gasteiger partial charge < -0.3 is 20.3 Å². The molecule has 5 heterocycles. The highest BCUT2D eigenvalue weighted by molar-refractivity contribution is 6.01.